The molecule has 80 valence electrons. The summed E-state index contributed by atoms with van der Waals surface area (Å²) < 4.78 is 7.17. The van der Waals surface area contributed by atoms with E-state index in [1.807, 2.05) is 12.1 Å². The number of thiophene rings is 1. The first-order chi connectivity index (χ1) is 7.77. The molecule has 2 aromatic heterocycles. The molecule has 2 N–H and O–H groups in total. The lowest BCUT2D eigenvalue weighted by Crippen LogP contribution is -1.83. The fourth-order valence-corrected chi connectivity index (χ4v) is 2.91. The number of fused-ring (bicyclic) bond motifs is 1. The molecule has 0 aliphatic heterocycles. The fourth-order valence-electron chi connectivity index (χ4n) is 1.61. The molecule has 0 atom stereocenters. The van der Waals surface area contributed by atoms with Crippen LogP contribution in [0.1, 0.15) is 0 Å². The van der Waals surface area contributed by atoms with Crippen molar-refractivity contribution in [1.82, 2.24) is 5.16 Å². The Balaban J connectivity index is 2.30. The van der Waals surface area contributed by atoms with Gasteiger partial charge >= 0.3 is 0 Å². The third-order valence-corrected chi connectivity index (χ3v) is 4.11. The van der Waals surface area contributed by atoms with Crippen molar-refractivity contribution in [3.63, 3.8) is 0 Å². The molecule has 0 aliphatic carbocycles. The van der Waals surface area contributed by atoms with Gasteiger partial charge in [0.1, 0.15) is 4.47 Å². The van der Waals surface area contributed by atoms with Crippen LogP contribution in [0.15, 0.2) is 38.6 Å². The van der Waals surface area contributed by atoms with E-state index in [9.17, 15) is 0 Å². The Morgan fingerprint density at radius 2 is 2.12 bits per heavy atom. The van der Waals surface area contributed by atoms with E-state index in [4.69, 9.17) is 10.3 Å². The highest BCUT2D eigenvalue weighted by molar-refractivity contribution is 9.10. The van der Waals surface area contributed by atoms with Gasteiger partial charge in [0.05, 0.1) is 0 Å². The summed E-state index contributed by atoms with van der Waals surface area (Å²) in [5, 5.41) is 6.95. The Morgan fingerprint density at radius 1 is 1.31 bits per heavy atom. The maximum Gasteiger partial charge on any atom is 0.184 e. The molecule has 3 aromatic rings. The molecule has 0 saturated carbocycles. The van der Waals surface area contributed by atoms with Crippen molar-refractivity contribution >= 4 is 43.2 Å². The van der Waals surface area contributed by atoms with Gasteiger partial charge in [-0.2, -0.15) is 0 Å². The lowest BCUT2D eigenvalue weighted by molar-refractivity contribution is 0.436. The van der Waals surface area contributed by atoms with Crippen molar-refractivity contribution in [3.05, 3.63) is 34.1 Å². The van der Waals surface area contributed by atoms with Crippen LogP contribution in [0.25, 0.3) is 21.4 Å². The Hall–Kier alpha value is -1.33. The van der Waals surface area contributed by atoms with Crippen LogP contribution in [0.4, 0.5) is 5.82 Å². The number of aromatic nitrogens is 1. The largest absolute Gasteiger partial charge is 0.380 e. The zero-order valence-electron chi connectivity index (χ0n) is 8.11. The van der Waals surface area contributed by atoms with Crippen LogP contribution in [0.5, 0.6) is 0 Å². The second-order valence-corrected chi connectivity index (χ2v) is 5.06. The summed E-state index contributed by atoms with van der Waals surface area (Å²) in [6.45, 7) is 0. The summed E-state index contributed by atoms with van der Waals surface area (Å²) in [4.78, 5) is 0. The summed E-state index contributed by atoms with van der Waals surface area (Å²) in [5.41, 5.74) is 6.67. The normalized spacial score (nSPS) is 11.1. The Labute approximate surface area is 104 Å². The fraction of sp³-hybridized carbons (Fsp3) is 0. The molecule has 0 saturated heterocycles. The van der Waals surface area contributed by atoms with Crippen molar-refractivity contribution in [2.24, 2.45) is 0 Å². The van der Waals surface area contributed by atoms with Gasteiger partial charge in [0, 0.05) is 21.0 Å². The number of hydrogen-bond acceptors (Lipinski definition) is 4. The molecule has 0 amide bonds. The molecular weight excluding hydrogens is 288 g/mol. The van der Waals surface area contributed by atoms with E-state index in [1.165, 1.54) is 4.70 Å². The number of nitrogens with zero attached hydrogens (tertiary/aromatic N) is 1. The minimum absolute atomic E-state index is 0.380. The Kier molecular flexibility index (Phi) is 2.22. The lowest BCUT2D eigenvalue weighted by Gasteiger charge is -1.94. The molecule has 0 unspecified atom stereocenters. The molecular formula is C11H7BrN2OS. The van der Waals surface area contributed by atoms with Crippen LogP contribution in [0, 0.1) is 0 Å². The van der Waals surface area contributed by atoms with Crippen molar-refractivity contribution in [1.29, 1.82) is 0 Å². The van der Waals surface area contributed by atoms with Gasteiger partial charge in [-0.05, 0) is 22.0 Å². The van der Waals surface area contributed by atoms with Crippen LogP contribution in [0.3, 0.4) is 0 Å². The van der Waals surface area contributed by atoms with Gasteiger partial charge < -0.3 is 10.3 Å². The second-order valence-electron chi connectivity index (χ2n) is 3.36. The second kappa shape index (κ2) is 3.61. The number of benzene rings is 1. The van der Waals surface area contributed by atoms with Crippen molar-refractivity contribution in [3.8, 4) is 11.3 Å². The first kappa shape index (κ1) is 9.86. The van der Waals surface area contributed by atoms with E-state index in [0.717, 1.165) is 15.4 Å². The SMILES string of the molecule is Nc1noc(-c2csc3ccccc23)c1Br. The minimum atomic E-state index is 0.380. The van der Waals surface area contributed by atoms with Crippen LogP contribution in [0.2, 0.25) is 0 Å². The van der Waals surface area contributed by atoms with E-state index in [-0.39, 0.29) is 0 Å². The molecule has 2 heterocycles. The standard InChI is InChI=1S/C11H7BrN2OS/c12-9-10(15-14-11(9)13)7-5-16-8-4-2-1-3-6(7)8/h1-5H,(H2,13,14). The third-order valence-electron chi connectivity index (χ3n) is 2.39. The maximum atomic E-state index is 5.64. The summed E-state index contributed by atoms with van der Waals surface area (Å²) >= 11 is 5.06. The summed E-state index contributed by atoms with van der Waals surface area (Å²) in [7, 11) is 0. The number of hydrogen-bond donors (Lipinski definition) is 1. The van der Waals surface area contributed by atoms with Gasteiger partial charge in [-0.25, -0.2) is 0 Å². The first-order valence-corrected chi connectivity index (χ1v) is 6.32. The van der Waals surface area contributed by atoms with Crippen molar-refractivity contribution < 1.29 is 4.52 Å². The first-order valence-electron chi connectivity index (χ1n) is 4.64. The topological polar surface area (TPSA) is 52.0 Å². The minimum Gasteiger partial charge on any atom is -0.380 e. The van der Waals surface area contributed by atoms with Gasteiger partial charge in [-0.1, -0.05) is 23.4 Å². The Morgan fingerprint density at radius 3 is 2.88 bits per heavy atom. The number of rotatable bonds is 1. The highest BCUT2D eigenvalue weighted by Gasteiger charge is 2.16. The average molecular weight is 295 g/mol. The van der Waals surface area contributed by atoms with E-state index in [2.05, 4.69) is 38.6 Å². The number of nitrogens with two attached hydrogens (primary N) is 1. The molecule has 3 rings (SSSR count). The number of nitrogen functional groups attached to an aromatic ring is 1. The van der Waals surface area contributed by atoms with Crippen LogP contribution in [-0.2, 0) is 0 Å². The van der Waals surface area contributed by atoms with Gasteiger partial charge in [0.2, 0.25) is 0 Å². The van der Waals surface area contributed by atoms with E-state index < -0.39 is 0 Å². The Bertz CT molecular complexity index is 659. The van der Waals surface area contributed by atoms with Crippen LogP contribution in [-0.4, -0.2) is 5.16 Å². The molecule has 0 bridgehead atoms. The maximum absolute atomic E-state index is 5.64. The monoisotopic (exact) mass is 294 g/mol. The van der Waals surface area contributed by atoms with Gasteiger partial charge in [-0.15, -0.1) is 11.3 Å². The quantitative estimate of drug-likeness (QED) is 0.740. The van der Waals surface area contributed by atoms with Gasteiger partial charge in [0.25, 0.3) is 0 Å². The van der Waals surface area contributed by atoms with E-state index in [0.29, 0.717) is 11.6 Å². The summed E-state index contributed by atoms with van der Waals surface area (Å²) in [6.07, 6.45) is 0. The van der Waals surface area contributed by atoms with Crippen LogP contribution >= 0.6 is 27.3 Å². The van der Waals surface area contributed by atoms with Crippen molar-refractivity contribution in [2.75, 3.05) is 5.73 Å². The highest BCUT2D eigenvalue weighted by atomic mass is 79.9. The van der Waals surface area contributed by atoms with E-state index >= 15 is 0 Å². The number of halogens is 1. The zero-order valence-corrected chi connectivity index (χ0v) is 10.5. The molecule has 0 aliphatic rings. The summed E-state index contributed by atoms with van der Waals surface area (Å²) in [6, 6.07) is 8.17. The molecule has 0 radical (unpaired) electrons. The number of anilines is 1. The summed E-state index contributed by atoms with van der Waals surface area (Å²) in [5.74, 6) is 1.07. The molecule has 5 heteroatoms. The lowest BCUT2D eigenvalue weighted by atomic mass is 10.1. The average Bonchev–Trinajstić information content (AvgIpc) is 2.85. The van der Waals surface area contributed by atoms with E-state index in [1.54, 1.807) is 11.3 Å². The van der Waals surface area contributed by atoms with Crippen molar-refractivity contribution in [2.45, 2.75) is 0 Å². The molecule has 3 nitrogen and oxygen atoms in total. The highest BCUT2D eigenvalue weighted by Crippen LogP contribution is 2.39. The predicted molar refractivity (Wildman–Crippen MR) is 69.4 cm³/mol. The third kappa shape index (κ3) is 1.36. The van der Waals surface area contributed by atoms with Crippen LogP contribution < -0.4 is 5.73 Å². The zero-order chi connectivity index (χ0) is 11.1. The molecule has 1 aromatic carbocycles. The molecule has 16 heavy (non-hydrogen) atoms. The molecule has 0 spiro atoms. The van der Waals surface area contributed by atoms with Gasteiger partial charge in [0.15, 0.2) is 11.6 Å². The molecule has 0 fully saturated rings. The smallest absolute Gasteiger partial charge is 0.184 e. The predicted octanol–water partition coefficient (Wildman–Crippen LogP) is 3.90. The van der Waals surface area contributed by atoms with Gasteiger partial charge in [-0.3, -0.25) is 0 Å².